The fourth-order valence-electron chi connectivity index (χ4n) is 1.94. The van der Waals surface area contributed by atoms with E-state index in [0.717, 1.165) is 9.92 Å². The van der Waals surface area contributed by atoms with Gasteiger partial charge in [0, 0.05) is 16.5 Å². The summed E-state index contributed by atoms with van der Waals surface area (Å²) >= 11 is 7.47. The van der Waals surface area contributed by atoms with Gasteiger partial charge in [-0.2, -0.15) is 4.98 Å². The Hall–Kier alpha value is -1.08. The zero-order valence-electron chi connectivity index (χ0n) is 10.7. The molecule has 7 heteroatoms. The third-order valence-corrected chi connectivity index (χ3v) is 4.39. The van der Waals surface area contributed by atoms with E-state index in [4.69, 9.17) is 26.6 Å². The number of halogens is 1. The molecular formula is C13H14ClN3O2S. The normalized spacial score (nSPS) is 22.3. The number of aromatic nitrogens is 2. The van der Waals surface area contributed by atoms with Crippen LogP contribution in [-0.2, 0) is 16.0 Å². The molecular weight excluding hydrogens is 298 g/mol. The van der Waals surface area contributed by atoms with Gasteiger partial charge in [0.25, 0.3) is 0 Å². The maximum absolute atomic E-state index is 6.17. The first-order chi connectivity index (χ1) is 9.66. The summed E-state index contributed by atoms with van der Waals surface area (Å²) in [5.41, 5.74) is 5.55. The fraction of sp³-hybridized carbons (Fsp3) is 0.385. The minimum absolute atomic E-state index is 0.430. The molecule has 0 amide bonds. The summed E-state index contributed by atoms with van der Waals surface area (Å²) in [7, 11) is 0. The van der Waals surface area contributed by atoms with Crippen LogP contribution in [0.5, 0.6) is 0 Å². The Bertz CT molecular complexity index is 582. The number of hydrogen-bond donors (Lipinski definition) is 1. The van der Waals surface area contributed by atoms with E-state index in [9.17, 15) is 0 Å². The molecule has 3 rings (SSSR count). The molecule has 1 saturated heterocycles. The molecule has 5 nitrogen and oxygen atoms in total. The van der Waals surface area contributed by atoms with Crippen molar-refractivity contribution in [3.8, 4) is 0 Å². The first kappa shape index (κ1) is 13.9. The summed E-state index contributed by atoms with van der Waals surface area (Å²) in [5.74, 6) is 1.72. The second-order valence-electron chi connectivity index (χ2n) is 4.72. The highest BCUT2D eigenvalue weighted by atomic mass is 35.5. The number of thioether (sulfide) groups is 1. The van der Waals surface area contributed by atoms with Crippen LogP contribution in [0, 0.1) is 0 Å². The van der Waals surface area contributed by atoms with Crippen molar-refractivity contribution in [2.24, 2.45) is 5.73 Å². The van der Waals surface area contributed by atoms with E-state index in [-0.39, 0.29) is 0 Å². The Morgan fingerprint density at radius 3 is 2.85 bits per heavy atom. The van der Waals surface area contributed by atoms with Gasteiger partial charge in [-0.1, -0.05) is 16.8 Å². The van der Waals surface area contributed by atoms with Gasteiger partial charge >= 0.3 is 0 Å². The topological polar surface area (TPSA) is 74.2 Å². The van der Waals surface area contributed by atoms with E-state index in [2.05, 4.69) is 10.1 Å². The predicted octanol–water partition coefficient (Wildman–Crippen LogP) is 2.59. The Kier molecular flexibility index (Phi) is 3.98. The van der Waals surface area contributed by atoms with Crippen LogP contribution < -0.4 is 5.73 Å². The summed E-state index contributed by atoms with van der Waals surface area (Å²) in [5, 5.41) is 4.69. The Morgan fingerprint density at radius 1 is 1.35 bits per heavy atom. The van der Waals surface area contributed by atoms with Crippen LogP contribution in [-0.4, -0.2) is 23.4 Å². The number of rotatable bonds is 4. The fourth-order valence-corrected chi connectivity index (χ4v) is 2.81. The van der Waals surface area contributed by atoms with Crippen LogP contribution in [0.4, 0.5) is 0 Å². The molecule has 1 aromatic carbocycles. The summed E-state index contributed by atoms with van der Waals surface area (Å²) in [6, 6.07) is 7.64. The highest BCUT2D eigenvalue weighted by molar-refractivity contribution is 7.98. The number of nitrogens with zero attached hydrogens (tertiary/aromatic N) is 2. The van der Waals surface area contributed by atoms with Gasteiger partial charge in [0.1, 0.15) is 5.54 Å². The van der Waals surface area contributed by atoms with E-state index < -0.39 is 5.54 Å². The van der Waals surface area contributed by atoms with Gasteiger partial charge in [-0.15, -0.1) is 11.8 Å². The van der Waals surface area contributed by atoms with Crippen LogP contribution in [0.3, 0.4) is 0 Å². The van der Waals surface area contributed by atoms with Crippen LogP contribution in [0.1, 0.15) is 18.1 Å². The molecule has 2 aromatic rings. The molecule has 2 heterocycles. The van der Waals surface area contributed by atoms with Gasteiger partial charge in [0.15, 0.2) is 5.82 Å². The molecule has 1 atom stereocenters. The molecule has 0 bridgehead atoms. The lowest BCUT2D eigenvalue weighted by atomic mass is 10.0. The van der Waals surface area contributed by atoms with E-state index in [1.54, 1.807) is 11.8 Å². The van der Waals surface area contributed by atoms with Crippen molar-refractivity contribution in [2.45, 2.75) is 22.6 Å². The maximum Gasteiger partial charge on any atom is 0.249 e. The van der Waals surface area contributed by atoms with Gasteiger partial charge < -0.3 is 15.0 Å². The lowest BCUT2D eigenvalue weighted by Crippen LogP contribution is -2.37. The highest BCUT2D eigenvalue weighted by Crippen LogP contribution is 2.28. The SMILES string of the molecule is NC1(c2nc(CSc3ccc(Cl)cc3)no2)CCOC1. The van der Waals surface area contributed by atoms with Crippen molar-refractivity contribution < 1.29 is 9.26 Å². The second-order valence-corrected chi connectivity index (χ2v) is 6.20. The van der Waals surface area contributed by atoms with E-state index in [1.165, 1.54) is 0 Å². The zero-order valence-corrected chi connectivity index (χ0v) is 12.3. The first-order valence-electron chi connectivity index (χ1n) is 6.24. The molecule has 1 aliphatic rings. The minimum Gasteiger partial charge on any atom is -0.379 e. The first-order valence-corrected chi connectivity index (χ1v) is 7.60. The molecule has 20 heavy (non-hydrogen) atoms. The summed E-state index contributed by atoms with van der Waals surface area (Å²) in [6.45, 7) is 1.06. The number of ether oxygens (including phenoxy) is 1. The van der Waals surface area contributed by atoms with Crippen LogP contribution in [0.2, 0.25) is 5.02 Å². The Labute approximate surface area is 125 Å². The highest BCUT2D eigenvalue weighted by Gasteiger charge is 2.38. The average Bonchev–Trinajstić information content (AvgIpc) is 3.08. The van der Waals surface area contributed by atoms with E-state index in [1.807, 2.05) is 24.3 Å². The molecule has 0 aliphatic carbocycles. The van der Waals surface area contributed by atoms with Crippen LogP contribution in [0.15, 0.2) is 33.7 Å². The standard InChI is InChI=1S/C13H14ClN3O2S/c14-9-1-3-10(4-2-9)20-7-11-16-12(19-17-11)13(15)5-6-18-8-13/h1-4H,5-8,15H2. The van der Waals surface area contributed by atoms with Gasteiger partial charge in [-0.05, 0) is 30.7 Å². The summed E-state index contributed by atoms with van der Waals surface area (Å²) in [4.78, 5) is 5.47. The molecule has 2 N–H and O–H groups in total. The molecule has 0 radical (unpaired) electrons. The van der Waals surface area contributed by atoms with E-state index >= 15 is 0 Å². The maximum atomic E-state index is 6.17. The molecule has 0 spiro atoms. The van der Waals surface area contributed by atoms with Crippen LogP contribution in [0.25, 0.3) is 0 Å². The quantitative estimate of drug-likeness (QED) is 0.875. The lowest BCUT2D eigenvalue weighted by molar-refractivity contribution is 0.166. The zero-order chi connectivity index (χ0) is 14.0. The third-order valence-electron chi connectivity index (χ3n) is 3.13. The Morgan fingerprint density at radius 2 is 2.15 bits per heavy atom. The van der Waals surface area contributed by atoms with Crippen molar-refractivity contribution in [1.82, 2.24) is 10.1 Å². The lowest BCUT2D eigenvalue weighted by Gasteiger charge is -2.14. The summed E-state index contributed by atoms with van der Waals surface area (Å²) < 4.78 is 10.6. The van der Waals surface area contributed by atoms with Gasteiger partial charge in [-0.25, -0.2) is 0 Å². The molecule has 0 saturated carbocycles. The third kappa shape index (κ3) is 2.98. The van der Waals surface area contributed by atoms with Crippen molar-refractivity contribution in [3.63, 3.8) is 0 Å². The Balaban J connectivity index is 1.64. The smallest absolute Gasteiger partial charge is 0.249 e. The molecule has 1 fully saturated rings. The molecule has 1 aromatic heterocycles. The second kappa shape index (κ2) is 5.73. The molecule has 106 valence electrons. The molecule has 1 aliphatic heterocycles. The minimum atomic E-state index is -0.629. The number of benzene rings is 1. The van der Waals surface area contributed by atoms with Crippen molar-refractivity contribution >= 4 is 23.4 Å². The van der Waals surface area contributed by atoms with Gasteiger partial charge in [-0.3, -0.25) is 0 Å². The van der Waals surface area contributed by atoms with Crippen molar-refractivity contribution in [1.29, 1.82) is 0 Å². The van der Waals surface area contributed by atoms with Crippen molar-refractivity contribution in [3.05, 3.63) is 41.0 Å². The number of nitrogens with two attached hydrogens (primary N) is 1. The largest absolute Gasteiger partial charge is 0.379 e. The van der Waals surface area contributed by atoms with Gasteiger partial charge in [0.2, 0.25) is 5.89 Å². The molecule has 1 unspecified atom stereocenters. The van der Waals surface area contributed by atoms with Crippen molar-refractivity contribution in [2.75, 3.05) is 13.2 Å². The average molecular weight is 312 g/mol. The summed E-state index contributed by atoms with van der Waals surface area (Å²) in [6.07, 6.45) is 0.707. The number of hydrogen-bond acceptors (Lipinski definition) is 6. The van der Waals surface area contributed by atoms with Gasteiger partial charge in [0.05, 0.1) is 12.4 Å². The monoisotopic (exact) mass is 311 g/mol. The predicted molar refractivity (Wildman–Crippen MR) is 76.6 cm³/mol. The van der Waals surface area contributed by atoms with Crippen LogP contribution >= 0.6 is 23.4 Å². The van der Waals surface area contributed by atoms with E-state index in [0.29, 0.717) is 37.1 Å².